The topological polar surface area (TPSA) is 124 Å². The van der Waals surface area contributed by atoms with Gasteiger partial charge in [0.05, 0.1) is 5.52 Å². The lowest BCUT2D eigenvalue weighted by atomic mass is 10.2. The highest BCUT2D eigenvalue weighted by Crippen LogP contribution is 2.38. The van der Waals surface area contributed by atoms with Gasteiger partial charge in [0.15, 0.2) is 10.6 Å². The first-order valence-electron chi connectivity index (χ1n) is 8.71. The Kier molecular flexibility index (Phi) is 4.81. The minimum Gasteiger partial charge on any atom is -0.325 e. The van der Waals surface area contributed by atoms with Gasteiger partial charge in [0.25, 0.3) is 0 Å². The summed E-state index contributed by atoms with van der Waals surface area (Å²) in [6.07, 6.45) is 0. The fraction of sp³-hybridized carbons (Fsp3) is 0.222. The second-order valence-corrected chi connectivity index (χ2v) is 7.95. The molecule has 1 aromatic carbocycles. The third-order valence-corrected chi connectivity index (χ3v) is 5.25. The zero-order valence-electron chi connectivity index (χ0n) is 15.8. The van der Waals surface area contributed by atoms with Gasteiger partial charge in [-0.05, 0) is 29.7 Å². The van der Waals surface area contributed by atoms with Gasteiger partial charge in [-0.25, -0.2) is 0 Å². The number of nitrogens with one attached hydrogen (secondary N) is 2. The van der Waals surface area contributed by atoms with Gasteiger partial charge in [-0.3, -0.25) is 4.79 Å². The number of H-pyrrole nitrogens is 1. The van der Waals surface area contributed by atoms with Crippen molar-refractivity contribution in [3.63, 3.8) is 0 Å². The SMILES string of the molecule is CC(=O)Nc1c(C#N)c2[nH]c(C(C)C)nn2c1/N=N/c1snc2ccc(S)cc12. The van der Waals surface area contributed by atoms with Gasteiger partial charge >= 0.3 is 0 Å². The lowest BCUT2D eigenvalue weighted by Gasteiger charge is -2.02. The summed E-state index contributed by atoms with van der Waals surface area (Å²) in [5.74, 6) is 0.761. The van der Waals surface area contributed by atoms with Crippen LogP contribution in [0.25, 0.3) is 16.6 Å². The number of anilines is 1. The Hall–Kier alpha value is -3.23. The molecule has 2 N–H and O–H groups in total. The van der Waals surface area contributed by atoms with E-state index >= 15 is 0 Å². The van der Waals surface area contributed by atoms with Crippen LogP contribution in [0.5, 0.6) is 0 Å². The molecule has 11 heteroatoms. The van der Waals surface area contributed by atoms with Crippen LogP contribution in [0.1, 0.15) is 38.1 Å². The summed E-state index contributed by atoms with van der Waals surface area (Å²) in [7, 11) is 0. The third kappa shape index (κ3) is 3.37. The zero-order chi connectivity index (χ0) is 20.7. The molecule has 1 amide bonds. The summed E-state index contributed by atoms with van der Waals surface area (Å²) in [6.45, 7) is 5.34. The molecule has 0 aliphatic rings. The molecule has 0 aliphatic carbocycles. The van der Waals surface area contributed by atoms with Gasteiger partial charge < -0.3 is 10.3 Å². The number of aromatic nitrogens is 4. The highest BCUT2D eigenvalue weighted by molar-refractivity contribution is 7.80. The fourth-order valence-corrected chi connectivity index (χ4v) is 3.74. The number of aromatic amines is 1. The smallest absolute Gasteiger partial charge is 0.221 e. The molecule has 0 aliphatic heterocycles. The van der Waals surface area contributed by atoms with Crippen molar-refractivity contribution in [2.45, 2.75) is 31.6 Å². The van der Waals surface area contributed by atoms with E-state index in [0.717, 1.165) is 15.8 Å². The molecular weight excluding hydrogens is 408 g/mol. The minimum absolute atomic E-state index is 0.120. The predicted molar refractivity (Wildman–Crippen MR) is 114 cm³/mol. The van der Waals surface area contributed by atoms with Crippen molar-refractivity contribution < 1.29 is 4.79 Å². The van der Waals surface area contributed by atoms with E-state index in [1.807, 2.05) is 32.0 Å². The van der Waals surface area contributed by atoms with E-state index in [0.29, 0.717) is 16.5 Å². The number of nitrogens with zero attached hydrogens (tertiary/aromatic N) is 6. The van der Waals surface area contributed by atoms with Gasteiger partial charge in [0.2, 0.25) is 11.7 Å². The Bertz CT molecular complexity index is 1320. The Morgan fingerprint density at radius 3 is 2.90 bits per heavy atom. The average Bonchev–Trinajstić information content (AvgIpc) is 3.32. The number of carbonyl (C=O) groups is 1. The molecule has 0 fully saturated rings. The monoisotopic (exact) mass is 424 g/mol. The summed E-state index contributed by atoms with van der Waals surface area (Å²) >= 11 is 5.57. The molecule has 29 heavy (non-hydrogen) atoms. The van der Waals surface area contributed by atoms with Gasteiger partial charge in [-0.15, -0.1) is 22.9 Å². The fourth-order valence-electron chi connectivity index (χ4n) is 2.85. The Balaban J connectivity index is 1.90. The molecule has 0 radical (unpaired) electrons. The van der Waals surface area contributed by atoms with Crippen molar-refractivity contribution >= 4 is 63.1 Å². The Morgan fingerprint density at radius 2 is 2.21 bits per heavy atom. The van der Waals surface area contributed by atoms with E-state index in [4.69, 9.17) is 0 Å². The number of rotatable bonds is 4. The van der Waals surface area contributed by atoms with Crippen LogP contribution in [0, 0.1) is 11.3 Å². The Morgan fingerprint density at radius 1 is 1.41 bits per heavy atom. The maximum absolute atomic E-state index is 11.7. The second kappa shape index (κ2) is 7.31. The first-order chi connectivity index (χ1) is 13.9. The van der Waals surface area contributed by atoms with Crippen LogP contribution in [0.15, 0.2) is 33.3 Å². The van der Waals surface area contributed by atoms with Crippen LogP contribution in [0.4, 0.5) is 16.5 Å². The predicted octanol–water partition coefficient (Wildman–Crippen LogP) is 4.93. The summed E-state index contributed by atoms with van der Waals surface area (Å²) in [5, 5.41) is 26.9. The Labute approximate surface area is 175 Å². The number of amides is 1. The average molecular weight is 425 g/mol. The van der Waals surface area contributed by atoms with Crippen molar-refractivity contribution in [2.24, 2.45) is 10.2 Å². The van der Waals surface area contributed by atoms with E-state index in [2.05, 4.69) is 48.7 Å². The molecule has 0 saturated heterocycles. The zero-order valence-corrected chi connectivity index (χ0v) is 17.5. The summed E-state index contributed by atoms with van der Waals surface area (Å²) in [6, 6.07) is 7.70. The second-order valence-electron chi connectivity index (χ2n) is 6.68. The largest absolute Gasteiger partial charge is 0.325 e. The molecule has 0 bridgehead atoms. The van der Waals surface area contributed by atoms with Gasteiger partial charge in [-0.2, -0.15) is 19.2 Å². The molecule has 4 aromatic rings. The third-order valence-electron chi connectivity index (χ3n) is 4.21. The summed E-state index contributed by atoms with van der Waals surface area (Å²) in [5.41, 5.74) is 1.77. The quantitative estimate of drug-likeness (QED) is 0.317. The molecule has 0 saturated carbocycles. The van der Waals surface area contributed by atoms with E-state index in [1.54, 1.807) is 0 Å². The van der Waals surface area contributed by atoms with E-state index in [9.17, 15) is 10.1 Å². The van der Waals surface area contributed by atoms with Crippen molar-refractivity contribution in [2.75, 3.05) is 5.32 Å². The number of fused-ring (bicyclic) bond motifs is 2. The van der Waals surface area contributed by atoms with E-state index in [1.165, 1.54) is 23.0 Å². The van der Waals surface area contributed by atoms with Crippen molar-refractivity contribution in [1.82, 2.24) is 19.0 Å². The number of azo groups is 1. The lowest BCUT2D eigenvalue weighted by molar-refractivity contribution is -0.114. The van der Waals surface area contributed by atoms with E-state index < -0.39 is 0 Å². The molecule has 3 aromatic heterocycles. The van der Waals surface area contributed by atoms with Crippen molar-refractivity contribution in [3.05, 3.63) is 29.6 Å². The molecule has 0 atom stereocenters. The van der Waals surface area contributed by atoms with Crippen LogP contribution >= 0.6 is 24.2 Å². The van der Waals surface area contributed by atoms with Crippen LogP contribution in [-0.4, -0.2) is 24.9 Å². The molecule has 0 spiro atoms. The minimum atomic E-state index is -0.321. The maximum Gasteiger partial charge on any atom is 0.221 e. The number of thiol groups is 1. The van der Waals surface area contributed by atoms with Crippen LogP contribution in [-0.2, 0) is 4.79 Å². The normalized spacial score (nSPS) is 11.7. The number of hydrogen-bond donors (Lipinski definition) is 3. The lowest BCUT2D eigenvalue weighted by Crippen LogP contribution is -2.06. The molecule has 4 rings (SSSR count). The van der Waals surface area contributed by atoms with Gasteiger partial charge in [0, 0.05) is 23.1 Å². The van der Waals surface area contributed by atoms with Gasteiger partial charge in [0.1, 0.15) is 23.1 Å². The number of carbonyl (C=O) groups excluding carboxylic acids is 1. The number of benzene rings is 1. The maximum atomic E-state index is 11.7. The molecule has 3 heterocycles. The van der Waals surface area contributed by atoms with Gasteiger partial charge in [-0.1, -0.05) is 13.8 Å². The molecular formula is C18H16N8OS2. The summed E-state index contributed by atoms with van der Waals surface area (Å²) < 4.78 is 5.85. The van der Waals surface area contributed by atoms with Crippen LogP contribution < -0.4 is 5.32 Å². The molecule has 9 nitrogen and oxygen atoms in total. The molecule has 0 unspecified atom stereocenters. The van der Waals surface area contributed by atoms with E-state index in [-0.39, 0.29) is 28.9 Å². The standard InChI is InChI=1S/C18H16N8OS2/c1-8(2)15-21-16-12(7-19)14(20-9(3)27)17(26(16)24-15)22-23-18-11-6-10(28)4-5-13(11)25-29-18/h4-6,8,28H,1-3H3,(H,20,27)(H,21,24)/b23-22+. The van der Waals surface area contributed by atoms with Crippen molar-refractivity contribution in [1.29, 1.82) is 5.26 Å². The summed E-state index contributed by atoms with van der Waals surface area (Å²) in [4.78, 5) is 15.6. The first-order valence-corrected chi connectivity index (χ1v) is 9.93. The van der Waals surface area contributed by atoms with Crippen molar-refractivity contribution in [3.8, 4) is 6.07 Å². The number of hydrogen-bond acceptors (Lipinski definition) is 8. The van der Waals surface area contributed by atoms with Crippen LogP contribution in [0.3, 0.4) is 0 Å². The first kappa shape index (κ1) is 19.1. The van der Waals surface area contributed by atoms with Crippen LogP contribution in [0.2, 0.25) is 0 Å². The highest BCUT2D eigenvalue weighted by Gasteiger charge is 2.23. The molecule has 146 valence electrons. The highest BCUT2D eigenvalue weighted by atomic mass is 32.1. The number of nitriles is 1.